The van der Waals surface area contributed by atoms with Crippen molar-refractivity contribution in [3.63, 3.8) is 0 Å². The summed E-state index contributed by atoms with van der Waals surface area (Å²) in [5.74, 6) is 4.17. The average molecular weight is 810 g/mol. The Morgan fingerprint density at radius 1 is 0.429 bits per heavy atom. The van der Waals surface area contributed by atoms with Gasteiger partial charge in [0, 0.05) is 44.5 Å². The zero-order valence-corrected chi connectivity index (χ0v) is 34.8. The van der Waals surface area contributed by atoms with Gasteiger partial charge in [-0.15, -0.1) is 0 Å². The fourth-order valence-electron chi connectivity index (χ4n) is 14.0. The van der Waals surface area contributed by atoms with Gasteiger partial charge in [0.15, 0.2) is 0 Å². The highest BCUT2D eigenvalue weighted by atomic mass is 15.2. The number of para-hydroxylation sites is 3. The molecule has 5 aliphatic carbocycles. The molecule has 4 saturated carbocycles. The Labute approximate surface area is 364 Å². The van der Waals surface area contributed by atoms with Crippen LogP contribution in [0.1, 0.15) is 43.2 Å². The fourth-order valence-corrected chi connectivity index (χ4v) is 14.0. The van der Waals surface area contributed by atoms with Gasteiger partial charge in [-0.3, -0.25) is 14.1 Å². The molecular weight excluding hydrogens is 767 g/mol. The van der Waals surface area contributed by atoms with Crippen LogP contribution in [-0.2, 0) is 5.41 Å². The zero-order chi connectivity index (χ0) is 41.0. The molecule has 0 N–H and O–H groups in total. The van der Waals surface area contributed by atoms with Crippen LogP contribution in [-0.4, -0.2) is 23.7 Å². The molecule has 300 valence electrons. The highest BCUT2D eigenvalue weighted by Crippen LogP contribution is 2.69. The maximum Gasteiger partial charge on any atom is 0.220 e. The standard InChI is InChI=1S/C58H43N5/c1-2-10-41(11-3-1)62-56-24-25-59-34-51(56)60-57(62)63-53-17-9-6-14-46(53)48-32-38(19-23-55(48)63)37-18-22-54-47(31-37)45-13-5-8-16-52(45)61(54)42-20-21-44-43-12-4-7-15-49(43)58(50(44)33-42)39-27-35-26-36(29-39)30-40(58)28-35/h1-25,31-36,39-40H,26-30H2. The molecule has 7 aromatic carbocycles. The van der Waals surface area contributed by atoms with Crippen LogP contribution in [0.4, 0.5) is 0 Å². The second-order valence-corrected chi connectivity index (χ2v) is 19.1. The predicted molar refractivity (Wildman–Crippen MR) is 256 cm³/mol. The lowest BCUT2D eigenvalue weighted by Gasteiger charge is -2.61. The number of benzene rings is 7. The van der Waals surface area contributed by atoms with E-state index in [0.717, 1.165) is 57.4 Å². The van der Waals surface area contributed by atoms with Crippen molar-refractivity contribution in [2.45, 2.75) is 37.5 Å². The Hall–Kier alpha value is -7.24. The van der Waals surface area contributed by atoms with Crippen molar-refractivity contribution in [3.8, 4) is 39.6 Å². The van der Waals surface area contributed by atoms with E-state index in [2.05, 4.69) is 182 Å². The van der Waals surface area contributed by atoms with E-state index >= 15 is 0 Å². The molecule has 4 heterocycles. The third-order valence-corrected chi connectivity index (χ3v) is 16.1. The Bertz CT molecular complexity index is 3690. The van der Waals surface area contributed by atoms with E-state index in [4.69, 9.17) is 4.98 Å². The first-order valence-corrected chi connectivity index (χ1v) is 22.9. The van der Waals surface area contributed by atoms with E-state index in [9.17, 15) is 0 Å². The van der Waals surface area contributed by atoms with Crippen molar-refractivity contribution in [1.82, 2.24) is 23.7 Å². The van der Waals surface area contributed by atoms with Crippen LogP contribution in [0.15, 0.2) is 176 Å². The summed E-state index contributed by atoms with van der Waals surface area (Å²) in [6, 6.07) is 61.4. The number of nitrogens with zero attached hydrogens (tertiary/aromatic N) is 5. The maximum absolute atomic E-state index is 5.24. The van der Waals surface area contributed by atoms with Crippen LogP contribution in [0.25, 0.3) is 94.2 Å². The quantitative estimate of drug-likeness (QED) is 0.178. The molecule has 0 unspecified atom stereocenters. The normalized spacial score (nSPS) is 22.0. The molecule has 1 spiro atoms. The molecular formula is C58H43N5. The number of imidazole rings is 1. The molecule has 4 aromatic heterocycles. The van der Waals surface area contributed by atoms with Gasteiger partial charge in [-0.2, -0.15) is 0 Å². The van der Waals surface area contributed by atoms with Gasteiger partial charge in [0.2, 0.25) is 5.95 Å². The molecule has 16 rings (SSSR count). The summed E-state index contributed by atoms with van der Waals surface area (Å²) in [4.78, 5) is 9.68. The third-order valence-electron chi connectivity index (χ3n) is 16.1. The SMILES string of the molecule is c1ccc(-n2c(-n3c4ccccc4c4cc(-c5ccc6c(c5)c5ccccc5n6-c5ccc6c(c5)C5(c7ccccc7-6)C6CC7CC(C6)CC5C7)ccc43)nc3cnccc32)cc1. The topological polar surface area (TPSA) is 40.6 Å². The molecule has 0 radical (unpaired) electrons. The fraction of sp³-hybridized carbons (Fsp3) is 0.172. The molecule has 0 aliphatic heterocycles. The third kappa shape index (κ3) is 4.51. The highest BCUT2D eigenvalue weighted by Gasteiger charge is 2.61. The lowest BCUT2D eigenvalue weighted by atomic mass is 9.43. The Morgan fingerprint density at radius 3 is 1.76 bits per heavy atom. The molecule has 5 aliphatic rings. The van der Waals surface area contributed by atoms with E-state index in [-0.39, 0.29) is 5.41 Å². The summed E-state index contributed by atoms with van der Waals surface area (Å²) < 4.78 is 7.12. The number of fused-ring (bicyclic) bond motifs is 10. The van der Waals surface area contributed by atoms with Gasteiger partial charge in [-0.05, 0) is 156 Å². The predicted octanol–water partition coefficient (Wildman–Crippen LogP) is 14.0. The number of hydrogen-bond donors (Lipinski definition) is 0. The van der Waals surface area contributed by atoms with Crippen LogP contribution in [0.3, 0.4) is 0 Å². The molecule has 63 heavy (non-hydrogen) atoms. The minimum absolute atomic E-state index is 0.133. The van der Waals surface area contributed by atoms with Crippen molar-refractivity contribution in [2.75, 3.05) is 0 Å². The first-order chi connectivity index (χ1) is 31.2. The van der Waals surface area contributed by atoms with Gasteiger partial charge in [0.1, 0.15) is 5.52 Å². The van der Waals surface area contributed by atoms with Crippen LogP contribution >= 0.6 is 0 Å². The van der Waals surface area contributed by atoms with Crippen LogP contribution in [0.5, 0.6) is 0 Å². The Morgan fingerprint density at radius 2 is 1.03 bits per heavy atom. The van der Waals surface area contributed by atoms with Gasteiger partial charge >= 0.3 is 0 Å². The van der Waals surface area contributed by atoms with Crippen molar-refractivity contribution >= 4 is 54.6 Å². The van der Waals surface area contributed by atoms with Crippen LogP contribution in [0, 0.1) is 23.7 Å². The highest BCUT2D eigenvalue weighted by molar-refractivity contribution is 6.13. The summed E-state index contributed by atoms with van der Waals surface area (Å²) in [5, 5.41) is 4.97. The lowest BCUT2D eigenvalue weighted by molar-refractivity contribution is -0.0399. The molecule has 0 saturated heterocycles. The molecule has 0 atom stereocenters. The van der Waals surface area contributed by atoms with Gasteiger partial charge in [0.05, 0.1) is 33.8 Å². The number of pyridine rings is 1. The van der Waals surface area contributed by atoms with E-state index < -0.39 is 0 Å². The molecule has 4 bridgehead atoms. The number of aromatic nitrogens is 5. The molecule has 11 aromatic rings. The molecule has 0 amide bonds. The van der Waals surface area contributed by atoms with E-state index in [1.165, 1.54) is 92.6 Å². The summed E-state index contributed by atoms with van der Waals surface area (Å²) in [6.45, 7) is 0. The second kappa shape index (κ2) is 12.4. The van der Waals surface area contributed by atoms with E-state index in [1.807, 2.05) is 12.4 Å². The van der Waals surface area contributed by atoms with Crippen molar-refractivity contribution in [2.24, 2.45) is 23.7 Å². The van der Waals surface area contributed by atoms with Gasteiger partial charge in [-0.1, -0.05) is 97.1 Å². The summed E-state index contributed by atoms with van der Waals surface area (Å²) in [6.07, 6.45) is 10.7. The Balaban J connectivity index is 0.895. The smallest absolute Gasteiger partial charge is 0.220 e. The molecule has 4 fully saturated rings. The van der Waals surface area contributed by atoms with Gasteiger partial charge < -0.3 is 4.57 Å². The minimum Gasteiger partial charge on any atom is -0.309 e. The maximum atomic E-state index is 5.24. The van der Waals surface area contributed by atoms with E-state index in [0.29, 0.717) is 0 Å². The second-order valence-electron chi connectivity index (χ2n) is 19.1. The van der Waals surface area contributed by atoms with Crippen molar-refractivity contribution in [3.05, 3.63) is 187 Å². The first kappa shape index (κ1) is 34.4. The largest absolute Gasteiger partial charge is 0.309 e. The van der Waals surface area contributed by atoms with Crippen LogP contribution in [0.2, 0.25) is 0 Å². The minimum atomic E-state index is 0.133. The van der Waals surface area contributed by atoms with Gasteiger partial charge in [0.25, 0.3) is 0 Å². The van der Waals surface area contributed by atoms with Crippen molar-refractivity contribution < 1.29 is 0 Å². The molecule has 5 nitrogen and oxygen atoms in total. The number of hydrogen-bond acceptors (Lipinski definition) is 2. The average Bonchev–Trinajstić information content (AvgIpc) is 4.06. The summed E-state index contributed by atoms with van der Waals surface area (Å²) >= 11 is 0. The zero-order valence-electron chi connectivity index (χ0n) is 34.8. The lowest BCUT2D eigenvalue weighted by Crippen LogP contribution is -2.55. The summed E-state index contributed by atoms with van der Waals surface area (Å²) in [7, 11) is 0. The van der Waals surface area contributed by atoms with Gasteiger partial charge in [-0.25, -0.2) is 4.98 Å². The van der Waals surface area contributed by atoms with Crippen LogP contribution < -0.4 is 0 Å². The number of rotatable bonds is 4. The summed E-state index contributed by atoms with van der Waals surface area (Å²) in [5.41, 5.74) is 17.7. The first-order valence-electron chi connectivity index (χ1n) is 22.9. The van der Waals surface area contributed by atoms with E-state index in [1.54, 1.807) is 11.1 Å². The monoisotopic (exact) mass is 809 g/mol. The Kier molecular flexibility index (Phi) is 6.79. The van der Waals surface area contributed by atoms with Crippen molar-refractivity contribution in [1.29, 1.82) is 0 Å². The molecule has 5 heteroatoms.